The van der Waals surface area contributed by atoms with Gasteiger partial charge in [-0.3, -0.25) is 0 Å². The van der Waals surface area contributed by atoms with Crippen molar-refractivity contribution in [1.82, 2.24) is 33.2 Å². The number of para-hydroxylation sites is 8. The van der Waals surface area contributed by atoms with Crippen LogP contribution in [0.15, 0.2) is 285 Å². The molecule has 7 nitrogen and oxygen atoms in total. The van der Waals surface area contributed by atoms with E-state index >= 15 is 0 Å². The van der Waals surface area contributed by atoms with Gasteiger partial charge < -0.3 is 18.3 Å². The fourth-order valence-electron chi connectivity index (χ4n) is 13.2. The van der Waals surface area contributed by atoms with E-state index in [1.165, 1.54) is 32.3 Å². The molecule has 17 rings (SSSR count). The Morgan fingerprint density at radius 1 is 0.207 bits per heavy atom. The zero-order chi connectivity index (χ0) is 53.8. The average Bonchev–Trinajstić information content (AvgIpc) is 2.21. The average molecular weight is 1050 g/mol. The van der Waals surface area contributed by atoms with Gasteiger partial charge >= 0.3 is 0 Å². The molecule has 0 aliphatic heterocycles. The summed E-state index contributed by atoms with van der Waals surface area (Å²) in [4.78, 5) is 15.5. The van der Waals surface area contributed by atoms with Crippen LogP contribution in [0.3, 0.4) is 0 Å². The summed E-state index contributed by atoms with van der Waals surface area (Å²) in [6.07, 6.45) is 0. The molecule has 82 heavy (non-hydrogen) atoms. The van der Waals surface area contributed by atoms with E-state index in [9.17, 15) is 0 Å². The molecule has 0 N–H and O–H groups in total. The van der Waals surface area contributed by atoms with Crippen LogP contribution in [0.2, 0.25) is 0 Å². The molecule has 17 aromatic rings. The Kier molecular flexibility index (Phi) is 10.2. The summed E-state index contributed by atoms with van der Waals surface area (Å²) >= 11 is 0. The van der Waals surface area contributed by atoms with Crippen LogP contribution in [0.5, 0.6) is 0 Å². The lowest BCUT2D eigenvalue weighted by molar-refractivity contribution is 1.06. The minimum Gasteiger partial charge on any atom is -0.308 e. The molecule has 0 radical (unpaired) electrons. The van der Waals surface area contributed by atoms with Crippen LogP contribution in [0, 0.1) is 0 Å². The van der Waals surface area contributed by atoms with Gasteiger partial charge in [0.25, 0.3) is 0 Å². The highest BCUT2D eigenvalue weighted by atomic mass is 15.1. The molecule has 0 aliphatic carbocycles. The molecule has 0 unspecified atom stereocenters. The Hall–Kier alpha value is -11.2. The molecule has 5 heterocycles. The standard InChI is InChI=1S/C75H47N7/c1-4-24-49(25-5-1)73-76-74(50-26-6-2-7-27-50)78-75(77-73)51-46-44-48(45-47-51)67-69-68(59-36-16-23-43-66(59)79(69)52-28-8-3-9-29-52)71(81-62-39-19-12-32-55(62)56-33-13-20-40-63(56)81)72(82-64-41-21-14-34-57(64)58-35-15-22-42-65(58)82)70(67)80-60-37-17-10-30-53(60)54-31-11-18-38-61(54)80/h1-47H. The summed E-state index contributed by atoms with van der Waals surface area (Å²) in [5.41, 5.74) is 17.9. The Labute approximate surface area is 471 Å². The summed E-state index contributed by atoms with van der Waals surface area (Å²) < 4.78 is 10.2. The van der Waals surface area contributed by atoms with Crippen LogP contribution >= 0.6 is 0 Å². The van der Waals surface area contributed by atoms with Gasteiger partial charge in [-0.2, -0.15) is 0 Å². The van der Waals surface area contributed by atoms with Gasteiger partial charge in [0.15, 0.2) is 17.5 Å². The topological polar surface area (TPSA) is 58.4 Å². The normalized spacial score (nSPS) is 11.9. The quantitative estimate of drug-likeness (QED) is 0.152. The first kappa shape index (κ1) is 45.8. The molecule has 0 atom stereocenters. The van der Waals surface area contributed by atoms with E-state index in [2.05, 4.69) is 267 Å². The minimum atomic E-state index is 0.595. The minimum absolute atomic E-state index is 0.595. The predicted octanol–water partition coefficient (Wildman–Crippen LogP) is 18.9. The second-order valence-corrected chi connectivity index (χ2v) is 21.1. The molecule has 7 heteroatoms. The number of fused-ring (bicyclic) bond motifs is 12. The van der Waals surface area contributed by atoms with Crippen molar-refractivity contribution in [1.29, 1.82) is 0 Å². The summed E-state index contributed by atoms with van der Waals surface area (Å²) in [5.74, 6) is 1.83. The maximum absolute atomic E-state index is 5.22. The van der Waals surface area contributed by atoms with Gasteiger partial charge in [-0.05, 0) is 60.2 Å². The Morgan fingerprint density at radius 3 is 0.878 bits per heavy atom. The molecule has 0 fully saturated rings. The SMILES string of the molecule is c1ccc(-c2nc(-c3ccccc3)nc(-c3ccc(-c4c(-n5c6ccccc6c6ccccc65)c(-n5c6ccccc6c6ccccc65)c(-n5c6ccccc6c6ccccc65)c5c6ccccc6n(-c6ccccc6)c45)cc3)n2)cc1. The lowest BCUT2D eigenvalue weighted by Gasteiger charge is -2.27. The van der Waals surface area contributed by atoms with E-state index in [-0.39, 0.29) is 0 Å². The van der Waals surface area contributed by atoms with E-state index in [1.54, 1.807) is 0 Å². The smallest absolute Gasteiger partial charge is 0.164 e. The second-order valence-electron chi connectivity index (χ2n) is 21.1. The van der Waals surface area contributed by atoms with E-state index in [0.717, 1.165) is 105 Å². The lowest BCUT2D eigenvalue weighted by atomic mass is 9.94. The van der Waals surface area contributed by atoms with Gasteiger partial charge in [-0.25, -0.2) is 15.0 Å². The molecule has 0 bridgehead atoms. The van der Waals surface area contributed by atoms with Gasteiger partial charge in [-0.15, -0.1) is 0 Å². The van der Waals surface area contributed by atoms with E-state index < -0.39 is 0 Å². The zero-order valence-corrected chi connectivity index (χ0v) is 44.3. The lowest BCUT2D eigenvalue weighted by Crippen LogP contribution is -2.12. The van der Waals surface area contributed by atoms with Crippen LogP contribution in [-0.2, 0) is 0 Å². The highest BCUT2D eigenvalue weighted by molar-refractivity contribution is 6.25. The van der Waals surface area contributed by atoms with Crippen molar-refractivity contribution in [3.05, 3.63) is 285 Å². The number of nitrogens with zero attached hydrogens (tertiary/aromatic N) is 7. The van der Waals surface area contributed by atoms with Crippen molar-refractivity contribution in [3.63, 3.8) is 0 Å². The molecular weight excluding hydrogens is 999 g/mol. The van der Waals surface area contributed by atoms with Crippen molar-refractivity contribution in [3.8, 4) is 68.0 Å². The third-order valence-corrected chi connectivity index (χ3v) is 16.6. The molecular formula is C75H47N7. The van der Waals surface area contributed by atoms with Crippen LogP contribution in [0.25, 0.3) is 155 Å². The highest BCUT2D eigenvalue weighted by Crippen LogP contribution is 2.53. The predicted molar refractivity (Wildman–Crippen MR) is 339 cm³/mol. The van der Waals surface area contributed by atoms with Crippen molar-refractivity contribution in [2.75, 3.05) is 0 Å². The van der Waals surface area contributed by atoms with Gasteiger partial charge in [0.1, 0.15) is 0 Å². The zero-order valence-electron chi connectivity index (χ0n) is 44.3. The van der Waals surface area contributed by atoms with Crippen molar-refractivity contribution in [2.24, 2.45) is 0 Å². The largest absolute Gasteiger partial charge is 0.308 e. The Bertz CT molecular complexity index is 5160. The maximum atomic E-state index is 5.22. The third kappa shape index (κ3) is 6.80. The maximum Gasteiger partial charge on any atom is 0.164 e. The number of aromatic nitrogens is 7. The Balaban J connectivity index is 1.12. The fraction of sp³-hybridized carbons (Fsp3) is 0. The summed E-state index contributed by atoms with van der Waals surface area (Å²) in [5, 5.41) is 9.35. The summed E-state index contributed by atoms with van der Waals surface area (Å²) in [6.45, 7) is 0. The molecule has 0 spiro atoms. The number of hydrogen-bond donors (Lipinski definition) is 0. The molecule has 0 saturated heterocycles. The van der Waals surface area contributed by atoms with Crippen LogP contribution < -0.4 is 0 Å². The summed E-state index contributed by atoms with van der Waals surface area (Å²) in [7, 11) is 0. The van der Waals surface area contributed by atoms with Crippen molar-refractivity contribution >= 4 is 87.2 Å². The highest BCUT2D eigenvalue weighted by Gasteiger charge is 2.34. The first-order valence-corrected chi connectivity index (χ1v) is 27.9. The van der Waals surface area contributed by atoms with Gasteiger partial charge in [-0.1, -0.05) is 231 Å². The molecule has 5 aromatic heterocycles. The van der Waals surface area contributed by atoms with Crippen LogP contribution in [-0.4, -0.2) is 33.2 Å². The molecule has 0 saturated carbocycles. The molecule has 12 aromatic carbocycles. The number of hydrogen-bond acceptors (Lipinski definition) is 3. The second kappa shape index (κ2) is 18.2. The molecule has 382 valence electrons. The third-order valence-electron chi connectivity index (χ3n) is 16.6. The number of benzene rings is 12. The van der Waals surface area contributed by atoms with Crippen molar-refractivity contribution in [2.45, 2.75) is 0 Å². The first-order chi connectivity index (χ1) is 40.7. The van der Waals surface area contributed by atoms with E-state index in [1.807, 2.05) is 36.4 Å². The number of rotatable bonds is 8. The Morgan fingerprint density at radius 2 is 0.488 bits per heavy atom. The molecule has 0 aliphatic rings. The van der Waals surface area contributed by atoms with Gasteiger partial charge in [0, 0.05) is 71.0 Å². The fourth-order valence-corrected chi connectivity index (χ4v) is 13.2. The van der Waals surface area contributed by atoms with E-state index in [0.29, 0.717) is 17.5 Å². The van der Waals surface area contributed by atoms with E-state index in [4.69, 9.17) is 15.0 Å². The van der Waals surface area contributed by atoms with Gasteiger partial charge in [0.2, 0.25) is 0 Å². The summed E-state index contributed by atoms with van der Waals surface area (Å²) in [6, 6.07) is 103. The van der Waals surface area contributed by atoms with Gasteiger partial charge in [0.05, 0.1) is 61.2 Å². The van der Waals surface area contributed by atoms with Crippen molar-refractivity contribution < 1.29 is 0 Å². The van der Waals surface area contributed by atoms with Crippen LogP contribution in [0.4, 0.5) is 0 Å². The first-order valence-electron chi connectivity index (χ1n) is 27.9. The molecule has 0 amide bonds. The van der Waals surface area contributed by atoms with Crippen LogP contribution in [0.1, 0.15) is 0 Å². The monoisotopic (exact) mass is 1050 g/mol.